The number of nitrogens with zero attached hydrogens (tertiary/aromatic N) is 7. The van der Waals surface area contributed by atoms with Crippen molar-refractivity contribution in [2.45, 2.75) is 6.42 Å². The van der Waals surface area contributed by atoms with Gasteiger partial charge >= 0.3 is 0 Å². The Bertz CT molecular complexity index is 4660. The molecule has 0 aliphatic heterocycles. The third-order valence-corrected chi connectivity index (χ3v) is 14.8. The summed E-state index contributed by atoms with van der Waals surface area (Å²) in [4.78, 5) is 19.9. The highest BCUT2D eigenvalue weighted by Crippen LogP contribution is 2.38. The average Bonchev–Trinajstić information content (AvgIpc) is 4.30. The van der Waals surface area contributed by atoms with Crippen molar-refractivity contribution >= 4 is 77.4 Å². The Morgan fingerprint density at radius 3 is 1.31 bits per heavy atom. The molecule has 77 heavy (non-hydrogen) atoms. The minimum absolute atomic E-state index is 0.512. The molecule has 8 heteroatoms. The molecule has 1 aliphatic rings. The highest BCUT2D eigenvalue weighted by Gasteiger charge is 2.21. The number of hydrogen-bond donors (Lipinski definition) is 0. The molecule has 364 valence electrons. The van der Waals surface area contributed by atoms with Crippen molar-refractivity contribution in [1.82, 2.24) is 33.6 Å². The van der Waals surface area contributed by atoms with Crippen LogP contribution in [0.25, 0.3) is 117 Å². The number of benzene rings is 8. The standard InChI is InChI=1S/C34H22N4.C18H13N.C17H11ClN2/c1-3-11-23(12-4-1)29-21-19-27-26-16-8-10-18-31(26)38(33(27)35-29)32-22-20-28-25-15-7-9-17-30(25)37(34(28)36-32)24-13-5-2-6-14-24;1-2-6-13(7-3-1)17-11-10-16-15-9-5-4-8-14(15)12-18(16)19-17;18-16-11-10-14-13-8-4-5-9-15(13)20(17(14)19-16)12-6-2-1-3-7-12/h1-22H;1-11H,12H2;1-11H. The van der Waals surface area contributed by atoms with E-state index in [1.54, 1.807) is 0 Å². The van der Waals surface area contributed by atoms with Crippen molar-refractivity contribution in [2.75, 3.05) is 0 Å². The average molecular weight is 1010 g/mol. The Morgan fingerprint density at radius 2 is 0.727 bits per heavy atom. The van der Waals surface area contributed by atoms with Crippen LogP contribution < -0.4 is 0 Å². The molecule has 1 aliphatic carbocycles. The molecule has 16 rings (SSSR count). The molecule has 0 fully saturated rings. The highest BCUT2D eigenvalue weighted by molar-refractivity contribution is 6.30. The SMILES string of the molecule is Clc1ccc2c3ccccc3n(-c3ccccc3)c2n1.c1ccc(-c2ccc3c(n2)Cc2ccccc2-3)cc1.c1ccc(-c2ccc3c4ccccc4n(-c4ccc5c6ccccc6n(-c6ccccc6)c5n4)c3n2)cc1. The first-order valence-corrected chi connectivity index (χ1v) is 26.2. The van der Waals surface area contributed by atoms with E-state index in [0.29, 0.717) is 5.15 Å². The maximum absolute atomic E-state index is 6.08. The van der Waals surface area contributed by atoms with E-state index in [4.69, 9.17) is 26.6 Å². The number of aromatic nitrogens is 7. The van der Waals surface area contributed by atoms with Gasteiger partial charge in [0, 0.05) is 66.8 Å². The third-order valence-electron chi connectivity index (χ3n) is 14.6. The molecule has 0 N–H and O–H groups in total. The molecule has 0 saturated carbocycles. The van der Waals surface area contributed by atoms with Gasteiger partial charge in [-0.25, -0.2) is 15.0 Å². The van der Waals surface area contributed by atoms with Gasteiger partial charge in [-0.2, -0.15) is 0 Å². The van der Waals surface area contributed by atoms with Crippen LogP contribution in [-0.2, 0) is 6.42 Å². The van der Waals surface area contributed by atoms with Gasteiger partial charge in [-0.3, -0.25) is 18.7 Å². The molecule has 15 aromatic rings. The molecule has 0 saturated heterocycles. The minimum Gasteiger partial charge on any atom is -0.294 e. The Labute approximate surface area is 449 Å². The minimum atomic E-state index is 0.512. The molecule has 0 bridgehead atoms. The lowest BCUT2D eigenvalue weighted by molar-refractivity contribution is 1.05. The second-order valence-electron chi connectivity index (χ2n) is 19.1. The van der Waals surface area contributed by atoms with Gasteiger partial charge in [-0.15, -0.1) is 0 Å². The molecule has 0 radical (unpaired) electrons. The van der Waals surface area contributed by atoms with E-state index in [1.807, 2.05) is 60.7 Å². The van der Waals surface area contributed by atoms with E-state index < -0.39 is 0 Å². The summed E-state index contributed by atoms with van der Waals surface area (Å²) in [5, 5.41) is 7.43. The Balaban J connectivity index is 0.000000116. The van der Waals surface area contributed by atoms with E-state index in [1.165, 1.54) is 44.1 Å². The van der Waals surface area contributed by atoms with Gasteiger partial charge in [0.05, 0.1) is 33.6 Å². The number of fused-ring (bicyclic) bond motifs is 12. The molecule has 8 aromatic carbocycles. The smallest absolute Gasteiger partial charge is 0.148 e. The van der Waals surface area contributed by atoms with Crippen LogP contribution in [0.2, 0.25) is 5.15 Å². The van der Waals surface area contributed by atoms with Crippen LogP contribution in [0, 0.1) is 0 Å². The molecule has 0 unspecified atom stereocenters. The molecule has 7 heterocycles. The number of halogens is 1. The van der Waals surface area contributed by atoms with Crippen LogP contribution in [0.15, 0.2) is 267 Å². The summed E-state index contributed by atoms with van der Waals surface area (Å²) < 4.78 is 6.60. The predicted octanol–water partition coefficient (Wildman–Crippen LogP) is 17.5. The third kappa shape index (κ3) is 8.18. The van der Waals surface area contributed by atoms with Crippen molar-refractivity contribution in [1.29, 1.82) is 0 Å². The summed E-state index contributed by atoms with van der Waals surface area (Å²) >= 11 is 6.08. The summed E-state index contributed by atoms with van der Waals surface area (Å²) in [7, 11) is 0. The Morgan fingerprint density at radius 1 is 0.299 bits per heavy atom. The fraction of sp³-hybridized carbons (Fsp3) is 0.0145. The van der Waals surface area contributed by atoms with Crippen LogP contribution in [-0.4, -0.2) is 33.6 Å². The van der Waals surface area contributed by atoms with Crippen molar-refractivity contribution in [2.24, 2.45) is 0 Å². The Hall–Kier alpha value is -9.95. The number of pyridine rings is 4. The lowest BCUT2D eigenvalue weighted by atomic mass is 10.1. The summed E-state index contributed by atoms with van der Waals surface area (Å²) in [6, 6.07) is 92.1. The lowest BCUT2D eigenvalue weighted by Crippen LogP contribution is -2.01. The Kier molecular flexibility index (Phi) is 11.5. The van der Waals surface area contributed by atoms with Crippen LogP contribution in [0.3, 0.4) is 0 Å². The van der Waals surface area contributed by atoms with Crippen molar-refractivity contribution < 1.29 is 0 Å². The zero-order chi connectivity index (χ0) is 51.2. The number of rotatable bonds is 5. The topological polar surface area (TPSA) is 66.3 Å². The van der Waals surface area contributed by atoms with E-state index in [9.17, 15) is 0 Å². The van der Waals surface area contributed by atoms with Gasteiger partial charge in [-0.05, 0) is 96.1 Å². The molecule has 0 spiro atoms. The van der Waals surface area contributed by atoms with Crippen molar-refractivity contribution in [3.63, 3.8) is 0 Å². The van der Waals surface area contributed by atoms with Gasteiger partial charge in [0.1, 0.15) is 27.9 Å². The highest BCUT2D eigenvalue weighted by atomic mass is 35.5. The van der Waals surface area contributed by atoms with Crippen LogP contribution >= 0.6 is 11.6 Å². The van der Waals surface area contributed by atoms with E-state index in [-0.39, 0.29) is 0 Å². The van der Waals surface area contributed by atoms with Crippen molar-refractivity contribution in [3.8, 4) is 50.8 Å². The summed E-state index contributed by atoms with van der Waals surface area (Å²) in [6.07, 6.45) is 0.951. The second kappa shape index (κ2) is 19.4. The van der Waals surface area contributed by atoms with Gasteiger partial charge in [0.2, 0.25) is 0 Å². The molecule has 0 amide bonds. The fourth-order valence-corrected chi connectivity index (χ4v) is 11.2. The van der Waals surface area contributed by atoms with Gasteiger partial charge in [-0.1, -0.05) is 194 Å². The van der Waals surface area contributed by atoms with E-state index in [2.05, 4.69) is 225 Å². The maximum Gasteiger partial charge on any atom is 0.148 e. The quantitative estimate of drug-likeness (QED) is 0.161. The van der Waals surface area contributed by atoms with Gasteiger partial charge in [0.25, 0.3) is 0 Å². The molecule has 7 nitrogen and oxygen atoms in total. The summed E-state index contributed by atoms with van der Waals surface area (Å²) in [6.45, 7) is 0. The van der Waals surface area contributed by atoms with Gasteiger partial charge < -0.3 is 0 Å². The summed E-state index contributed by atoms with van der Waals surface area (Å²) in [5.74, 6) is 0.849. The molecular weight excluding hydrogens is 962 g/mol. The van der Waals surface area contributed by atoms with Crippen LogP contribution in [0.5, 0.6) is 0 Å². The van der Waals surface area contributed by atoms with E-state index >= 15 is 0 Å². The predicted molar refractivity (Wildman–Crippen MR) is 318 cm³/mol. The first-order valence-electron chi connectivity index (χ1n) is 25.8. The first-order chi connectivity index (χ1) is 38.1. The second-order valence-corrected chi connectivity index (χ2v) is 19.5. The first kappa shape index (κ1) is 45.6. The zero-order valence-corrected chi connectivity index (χ0v) is 42.4. The summed E-state index contributed by atoms with van der Waals surface area (Å²) in [5.41, 5.74) is 17.8. The largest absolute Gasteiger partial charge is 0.294 e. The molecule has 0 atom stereocenters. The molecular formula is C69H46ClN7. The maximum atomic E-state index is 6.08. The normalized spacial score (nSPS) is 11.6. The monoisotopic (exact) mass is 1010 g/mol. The van der Waals surface area contributed by atoms with Crippen molar-refractivity contribution in [3.05, 3.63) is 283 Å². The van der Waals surface area contributed by atoms with Crippen LogP contribution in [0.4, 0.5) is 0 Å². The fourth-order valence-electron chi connectivity index (χ4n) is 11.1. The number of hydrogen-bond acceptors (Lipinski definition) is 4. The zero-order valence-electron chi connectivity index (χ0n) is 41.6. The lowest BCUT2D eigenvalue weighted by Gasteiger charge is -2.10. The van der Waals surface area contributed by atoms with Crippen LogP contribution in [0.1, 0.15) is 11.3 Å². The van der Waals surface area contributed by atoms with Gasteiger partial charge in [0.15, 0.2) is 0 Å². The number of para-hydroxylation sites is 5. The molecule has 7 aromatic heterocycles. The van der Waals surface area contributed by atoms with E-state index in [0.717, 1.165) is 90.2 Å².